The molecule has 2 heteroatoms. The number of hydrogen-bond donors (Lipinski definition) is 0. The molecule has 1 aliphatic rings. The normalized spacial score (nSPS) is 16.7. The summed E-state index contributed by atoms with van der Waals surface area (Å²) >= 11 is 0. The van der Waals surface area contributed by atoms with Crippen LogP contribution in [-0.2, 0) is 12.8 Å². The molecule has 0 bridgehead atoms. The molecule has 64 valence electrons. The number of hydrogen-bond acceptors (Lipinski definition) is 2. The summed E-state index contributed by atoms with van der Waals surface area (Å²) < 4.78 is 5.15. The van der Waals surface area contributed by atoms with Crippen molar-refractivity contribution in [2.24, 2.45) is 0 Å². The maximum Gasteiger partial charge on any atom is 0.185 e. The van der Waals surface area contributed by atoms with E-state index in [1.165, 1.54) is 24.8 Å². The zero-order chi connectivity index (χ0) is 8.39. The van der Waals surface area contributed by atoms with E-state index in [2.05, 4.69) is 0 Å². The van der Waals surface area contributed by atoms with Crippen molar-refractivity contribution in [2.45, 2.75) is 32.1 Å². The molecule has 1 heterocycles. The third kappa shape index (κ3) is 1.17. The van der Waals surface area contributed by atoms with Crippen LogP contribution in [0.4, 0.5) is 0 Å². The van der Waals surface area contributed by atoms with Crippen LogP contribution in [0.3, 0.4) is 0 Å². The van der Waals surface area contributed by atoms with Gasteiger partial charge in [0.1, 0.15) is 0 Å². The van der Waals surface area contributed by atoms with Crippen LogP contribution in [0.15, 0.2) is 10.7 Å². The fourth-order valence-electron chi connectivity index (χ4n) is 1.82. The minimum atomic E-state index is 0.548. The Hall–Kier alpha value is -1.05. The first-order valence-corrected chi connectivity index (χ1v) is 4.46. The van der Waals surface area contributed by atoms with E-state index in [1.807, 2.05) is 0 Å². The van der Waals surface area contributed by atoms with Gasteiger partial charge in [0.05, 0.1) is 6.26 Å². The Morgan fingerprint density at radius 3 is 2.92 bits per heavy atom. The van der Waals surface area contributed by atoms with E-state index < -0.39 is 0 Å². The van der Waals surface area contributed by atoms with E-state index in [-0.39, 0.29) is 0 Å². The number of aryl methyl sites for hydroxylation is 1. The second-order valence-electron chi connectivity index (χ2n) is 3.28. The predicted octanol–water partition coefficient (Wildman–Crippen LogP) is 2.36. The van der Waals surface area contributed by atoms with Gasteiger partial charge in [0, 0.05) is 5.56 Å². The van der Waals surface area contributed by atoms with Gasteiger partial charge < -0.3 is 4.42 Å². The molecular formula is C10H12O2. The highest BCUT2D eigenvalue weighted by atomic mass is 16.3. The molecule has 2 nitrogen and oxygen atoms in total. The minimum absolute atomic E-state index is 0.548. The Morgan fingerprint density at radius 1 is 1.25 bits per heavy atom. The van der Waals surface area contributed by atoms with Gasteiger partial charge in [-0.15, -0.1) is 0 Å². The Labute approximate surface area is 71.6 Å². The Morgan fingerprint density at radius 2 is 2.08 bits per heavy atom. The van der Waals surface area contributed by atoms with Crippen molar-refractivity contribution in [1.82, 2.24) is 0 Å². The topological polar surface area (TPSA) is 30.2 Å². The lowest BCUT2D eigenvalue weighted by Crippen LogP contribution is -1.89. The summed E-state index contributed by atoms with van der Waals surface area (Å²) in [6, 6.07) is 0. The van der Waals surface area contributed by atoms with Crippen molar-refractivity contribution in [1.29, 1.82) is 0 Å². The second kappa shape index (κ2) is 3.13. The number of carbonyl (C=O) groups excluding carboxylic acids is 1. The maximum absolute atomic E-state index is 10.6. The number of rotatable bonds is 1. The van der Waals surface area contributed by atoms with Gasteiger partial charge in [0.15, 0.2) is 12.0 Å². The molecule has 1 aliphatic carbocycles. The summed E-state index contributed by atoms with van der Waals surface area (Å²) in [6.07, 6.45) is 8.34. The lowest BCUT2D eigenvalue weighted by molar-refractivity contribution is 0.109. The number of furan rings is 1. The molecule has 0 N–H and O–H groups in total. The summed E-state index contributed by atoms with van der Waals surface area (Å²) in [5.41, 5.74) is 2.40. The molecule has 1 aromatic rings. The smallest absolute Gasteiger partial charge is 0.185 e. The van der Waals surface area contributed by atoms with Crippen molar-refractivity contribution >= 4 is 6.29 Å². The van der Waals surface area contributed by atoms with Gasteiger partial charge in [0.25, 0.3) is 0 Å². The molecule has 0 amide bonds. The zero-order valence-corrected chi connectivity index (χ0v) is 7.01. The van der Waals surface area contributed by atoms with Crippen molar-refractivity contribution in [3.8, 4) is 0 Å². The molecule has 0 fully saturated rings. The zero-order valence-electron chi connectivity index (χ0n) is 7.01. The SMILES string of the molecule is O=Cc1occ2c1CCCCC2. The van der Waals surface area contributed by atoms with E-state index in [4.69, 9.17) is 4.42 Å². The van der Waals surface area contributed by atoms with Gasteiger partial charge in [-0.25, -0.2) is 0 Å². The molecular weight excluding hydrogens is 152 g/mol. The van der Waals surface area contributed by atoms with Gasteiger partial charge in [-0.2, -0.15) is 0 Å². The van der Waals surface area contributed by atoms with Crippen molar-refractivity contribution in [2.75, 3.05) is 0 Å². The van der Waals surface area contributed by atoms with E-state index in [1.54, 1.807) is 6.26 Å². The second-order valence-corrected chi connectivity index (χ2v) is 3.28. The standard InChI is InChI=1S/C10H12O2/c11-6-10-9-5-3-1-2-4-8(9)7-12-10/h6-7H,1-5H2. The van der Waals surface area contributed by atoms with Crippen molar-refractivity contribution in [3.05, 3.63) is 23.2 Å². The third-order valence-electron chi connectivity index (χ3n) is 2.49. The van der Waals surface area contributed by atoms with Crippen LogP contribution in [0.5, 0.6) is 0 Å². The fraction of sp³-hybridized carbons (Fsp3) is 0.500. The van der Waals surface area contributed by atoms with Crippen LogP contribution in [-0.4, -0.2) is 6.29 Å². The fourth-order valence-corrected chi connectivity index (χ4v) is 1.82. The first kappa shape index (κ1) is 7.59. The van der Waals surface area contributed by atoms with E-state index in [0.717, 1.165) is 24.7 Å². The van der Waals surface area contributed by atoms with Crippen LogP contribution in [0.25, 0.3) is 0 Å². The van der Waals surface area contributed by atoms with Gasteiger partial charge in [-0.3, -0.25) is 4.79 Å². The highest BCUT2D eigenvalue weighted by Gasteiger charge is 2.14. The predicted molar refractivity (Wildman–Crippen MR) is 45.4 cm³/mol. The van der Waals surface area contributed by atoms with E-state index >= 15 is 0 Å². The van der Waals surface area contributed by atoms with Crippen LogP contribution in [0, 0.1) is 0 Å². The average molecular weight is 164 g/mol. The number of aldehydes is 1. The number of carbonyl (C=O) groups is 1. The minimum Gasteiger partial charge on any atom is -0.461 e. The van der Waals surface area contributed by atoms with Gasteiger partial charge in [-0.05, 0) is 31.2 Å². The summed E-state index contributed by atoms with van der Waals surface area (Å²) in [5, 5.41) is 0. The molecule has 0 unspecified atom stereocenters. The van der Waals surface area contributed by atoms with Crippen molar-refractivity contribution < 1.29 is 9.21 Å². The van der Waals surface area contributed by atoms with Crippen LogP contribution in [0.1, 0.15) is 40.9 Å². The Bertz CT molecular complexity index is 286. The molecule has 0 spiro atoms. The quantitative estimate of drug-likeness (QED) is 0.471. The van der Waals surface area contributed by atoms with Crippen LogP contribution in [0.2, 0.25) is 0 Å². The van der Waals surface area contributed by atoms with Gasteiger partial charge in [0.2, 0.25) is 0 Å². The molecule has 0 radical (unpaired) electrons. The molecule has 0 atom stereocenters. The van der Waals surface area contributed by atoms with Crippen LogP contribution >= 0.6 is 0 Å². The Balaban J connectivity index is 2.38. The summed E-state index contributed by atoms with van der Waals surface area (Å²) in [6.45, 7) is 0. The molecule has 0 saturated heterocycles. The highest BCUT2D eigenvalue weighted by molar-refractivity contribution is 5.73. The van der Waals surface area contributed by atoms with Crippen molar-refractivity contribution in [3.63, 3.8) is 0 Å². The highest BCUT2D eigenvalue weighted by Crippen LogP contribution is 2.24. The lowest BCUT2D eigenvalue weighted by atomic mass is 10.1. The van der Waals surface area contributed by atoms with E-state index in [9.17, 15) is 4.79 Å². The molecule has 2 rings (SSSR count). The molecule has 0 aromatic carbocycles. The third-order valence-corrected chi connectivity index (χ3v) is 2.49. The molecule has 12 heavy (non-hydrogen) atoms. The van der Waals surface area contributed by atoms with Gasteiger partial charge in [-0.1, -0.05) is 6.42 Å². The molecule has 0 aliphatic heterocycles. The average Bonchev–Trinajstić information content (AvgIpc) is 2.33. The van der Waals surface area contributed by atoms with Crippen LogP contribution < -0.4 is 0 Å². The summed E-state index contributed by atoms with van der Waals surface area (Å²) in [4.78, 5) is 10.6. The monoisotopic (exact) mass is 164 g/mol. The number of fused-ring (bicyclic) bond motifs is 1. The Kier molecular flexibility index (Phi) is 1.98. The summed E-state index contributed by atoms with van der Waals surface area (Å²) in [7, 11) is 0. The molecule has 1 aromatic heterocycles. The molecule has 0 saturated carbocycles. The first-order chi connectivity index (χ1) is 5.92. The summed E-state index contributed by atoms with van der Waals surface area (Å²) in [5.74, 6) is 0.548. The maximum atomic E-state index is 10.6. The van der Waals surface area contributed by atoms with Gasteiger partial charge >= 0.3 is 0 Å². The largest absolute Gasteiger partial charge is 0.461 e. The lowest BCUT2D eigenvalue weighted by Gasteiger charge is -1.94. The first-order valence-electron chi connectivity index (χ1n) is 4.46. The van der Waals surface area contributed by atoms with E-state index in [0.29, 0.717) is 5.76 Å².